The van der Waals surface area contributed by atoms with Gasteiger partial charge >= 0.3 is 11.9 Å². The third kappa shape index (κ3) is 5.05. The predicted octanol–water partition coefficient (Wildman–Crippen LogP) is 9.40. The zero-order valence-corrected chi connectivity index (χ0v) is 31.5. The quantitative estimate of drug-likeness (QED) is 0.166. The first kappa shape index (κ1) is 35.3. The van der Waals surface area contributed by atoms with Gasteiger partial charge in [-0.3, -0.25) is 9.59 Å². The van der Waals surface area contributed by atoms with E-state index in [1.807, 2.05) is 12.1 Å². The first-order chi connectivity index (χ1) is 22.9. The molecule has 0 saturated carbocycles. The molecular weight excluding hydrogens is 624 g/mol. The van der Waals surface area contributed by atoms with Crippen LogP contribution in [0.25, 0.3) is 0 Å². The number of phenolic OH excluding ortho intramolecular Hbond substituents is 2. The third-order valence-corrected chi connectivity index (χ3v) is 10.5. The van der Waals surface area contributed by atoms with Gasteiger partial charge in [-0.1, -0.05) is 119 Å². The molecule has 0 saturated heterocycles. The Bertz CT molecular complexity index is 1880. The van der Waals surface area contributed by atoms with Crippen LogP contribution in [0.15, 0.2) is 72.8 Å². The maximum absolute atomic E-state index is 15.5. The molecule has 2 aliphatic heterocycles. The molecule has 2 heterocycles. The molecule has 0 spiro atoms. The first-order valence-electron chi connectivity index (χ1n) is 17.4. The molecule has 6 rings (SSSR count). The second kappa shape index (κ2) is 11.0. The molecule has 0 fully saturated rings. The summed E-state index contributed by atoms with van der Waals surface area (Å²) in [5.74, 6) is -0.353. The predicted molar refractivity (Wildman–Crippen MR) is 197 cm³/mol. The maximum atomic E-state index is 15.5. The summed E-state index contributed by atoms with van der Waals surface area (Å²) in [4.78, 5) is 31.0. The zero-order chi connectivity index (χ0) is 37.0. The normalized spacial score (nSPS) is 20.7. The zero-order valence-electron chi connectivity index (χ0n) is 31.5. The van der Waals surface area contributed by atoms with Crippen LogP contribution in [0.3, 0.4) is 0 Å². The highest BCUT2D eigenvalue weighted by atomic mass is 16.6. The summed E-state index contributed by atoms with van der Waals surface area (Å²) in [6, 6.07) is 21.3. The van der Waals surface area contributed by atoms with E-state index in [0.29, 0.717) is 33.8 Å². The Kier molecular flexibility index (Phi) is 7.73. The Labute approximate surface area is 296 Å². The molecule has 2 unspecified atom stereocenters. The highest BCUT2D eigenvalue weighted by Gasteiger charge is 2.73. The van der Waals surface area contributed by atoms with Gasteiger partial charge in [-0.15, -0.1) is 0 Å². The fraction of sp³-hybridized carbons (Fsp3) is 0.409. The van der Waals surface area contributed by atoms with Crippen molar-refractivity contribution in [1.29, 1.82) is 0 Å². The molecule has 4 aromatic carbocycles. The Hall–Kier alpha value is -4.58. The fourth-order valence-corrected chi connectivity index (χ4v) is 7.69. The molecule has 0 amide bonds. The van der Waals surface area contributed by atoms with E-state index in [0.717, 1.165) is 22.3 Å². The van der Waals surface area contributed by atoms with Crippen LogP contribution >= 0.6 is 0 Å². The summed E-state index contributed by atoms with van der Waals surface area (Å²) in [6.45, 7) is 25.3. The molecular formula is C44H50O6. The minimum atomic E-state index is -1.82. The highest BCUT2D eigenvalue weighted by Crippen LogP contribution is 2.65. The highest BCUT2D eigenvalue weighted by molar-refractivity contribution is 6.09. The molecule has 0 bridgehead atoms. The van der Waals surface area contributed by atoms with Crippen molar-refractivity contribution in [3.05, 3.63) is 117 Å². The van der Waals surface area contributed by atoms with Gasteiger partial charge in [0.05, 0.1) is 0 Å². The van der Waals surface area contributed by atoms with Crippen LogP contribution in [0.1, 0.15) is 128 Å². The third-order valence-electron chi connectivity index (χ3n) is 10.5. The molecule has 2 atom stereocenters. The van der Waals surface area contributed by atoms with Crippen LogP contribution in [0, 0.1) is 0 Å². The van der Waals surface area contributed by atoms with Gasteiger partial charge < -0.3 is 19.7 Å². The van der Waals surface area contributed by atoms with Crippen LogP contribution in [0.2, 0.25) is 0 Å². The minimum absolute atomic E-state index is 0.0208. The van der Waals surface area contributed by atoms with Crippen LogP contribution in [-0.4, -0.2) is 22.2 Å². The largest absolute Gasteiger partial charge is 0.508 e. The van der Waals surface area contributed by atoms with Crippen molar-refractivity contribution in [3.8, 4) is 23.0 Å². The van der Waals surface area contributed by atoms with Crippen molar-refractivity contribution in [2.24, 2.45) is 0 Å². The monoisotopic (exact) mass is 674 g/mol. The van der Waals surface area contributed by atoms with Gasteiger partial charge in [0.2, 0.25) is 0 Å². The Morgan fingerprint density at radius 3 is 1.02 bits per heavy atom. The molecule has 4 aromatic rings. The number of carbonyl (C=O) groups excluding carboxylic acids is 2. The van der Waals surface area contributed by atoms with E-state index in [1.54, 1.807) is 48.5 Å². The summed E-state index contributed by atoms with van der Waals surface area (Å²) in [7, 11) is 0. The molecule has 2 aliphatic rings. The SMILES string of the molecule is CC(C)(C)c1cc(C(C)(C)C)c2c(c1)C(c1ccc(O)cc1)(C1(c3ccc(O)cc3)C(=O)Oc3c(C(C)(C)C)cc(C(C)(C)C)cc31)C(=O)O2. The maximum Gasteiger partial charge on any atom is 0.328 e. The van der Waals surface area contributed by atoms with E-state index in [2.05, 4.69) is 95.2 Å². The molecule has 2 N–H and O–H groups in total. The Balaban J connectivity index is 1.94. The fourth-order valence-electron chi connectivity index (χ4n) is 7.69. The average molecular weight is 675 g/mol. The van der Waals surface area contributed by atoms with E-state index in [-0.39, 0.29) is 22.3 Å². The number of hydrogen-bond donors (Lipinski definition) is 2. The molecule has 262 valence electrons. The number of fused-ring (bicyclic) bond motifs is 2. The molecule has 0 radical (unpaired) electrons. The second-order valence-corrected chi connectivity index (χ2v) is 18.2. The summed E-state index contributed by atoms with van der Waals surface area (Å²) in [5.41, 5.74) is 0.546. The van der Waals surface area contributed by atoms with E-state index in [1.165, 1.54) is 0 Å². The molecule has 0 aromatic heterocycles. The Morgan fingerprint density at radius 2 is 0.760 bits per heavy atom. The van der Waals surface area contributed by atoms with Gasteiger partial charge in [-0.25, -0.2) is 0 Å². The number of ether oxygens (including phenoxy) is 2. The smallest absolute Gasteiger partial charge is 0.328 e. The first-order valence-corrected chi connectivity index (χ1v) is 17.4. The van der Waals surface area contributed by atoms with Crippen LogP contribution < -0.4 is 9.47 Å². The lowest BCUT2D eigenvalue weighted by molar-refractivity contribution is -0.147. The van der Waals surface area contributed by atoms with Crippen LogP contribution in [0.5, 0.6) is 23.0 Å². The molecule has 0 aliphatic carbocycles. The number of carbonyl (C=O) groups is 2. The topological polar surface area (TPSA) is 93.1 Å². The van der Waals surface area contributed by atoms with Crippen molar-refractivity contribution in [2.45, 2.75) is 116 Å². The van der Waals surface area contributed by atoms with E-state index >= 15 is 9.59 Å². The van der Waals surface area contributed by atoms with Gasteiger partial charge in [0, 0.05) is 22.3 Å². The number of benzene rings is 4. The summed E-state index contributed by atoms with van der Waals surface area (Å²) in [6.07, 6.45) is 0. The minimum Gasteiger partial charge on any atom is -0.508 e. The van der Waals surface area contributed by atoms with Gasteiger partial charge in [0.1, 0.15) is 33.8 Å². The van der Waals surface area contributed by atoms with Gasteiger partial charge in [-0.05, 0) is 80.3 Å². The number of hydrogen-bond acceptors (Lipinski definition) is 6. The average Bonchev–Trinajstić information content (AvgIpc) is 3.45. The van der Waals surface area contributed by atoms with Gasteiger partial charge in [-0.2, -0.15) is 0 Å². The number of phenols is 2. The summed E-state index contributed by atoms with van der Waals surface area (Å²) < 4.78 is 13.0. The van der Waals surface area contributed by atoms with Crippen molar-refractivity contribution < 1.29 is 29.3 Å². The van der Waals surface area contributed by atoms with Crippen molar-refractivity contribution >= 4 is 11.9 Å². The van der Waals surface area contributed by atoms with Crippen molar-refractivity contribution in [3.63, 3.8) is 0 Å². The standard InChI is InChI=1S/C44H50O6/c1-39(2,3)27-21-31(41(7,8)9)35-33(23-27)43(37(47)49-35,25-13-17-29(45)18-14-25)44(26-15-19-30(46)20-16-26)34-24-28(40(4,5)6)22-32(42(10,11)12)36(34)50-38(44)48/h13-24,45-46H,1-12H3. The van der Waals surface area contributed by atoms with Crippen LogP contribution in [0.4, 0.5) is 0 Å². The lowest BCUT2D eigenvalue weighted by Crippen LogP contribution is -2.58. The number of rotatable bonds is 3. The molecule has 6 heteroatoms. The summed E-state index contributed by atoms with van der Waals surface area (Å²) in [5, 5.41) is 21.1. The van der Waals surface area contributed by atoms with E-state index in [9.17, 15) is 10.2 Å². The van der Waals surface area contributed by atoms with Crippen LogP contribution in [-0.2, 0) is 42.1 Å². The van der Waals surface area contributed by atoms with Gasteiger partial charge in [0.15, 0.2) is 0 Å². The molecule has 6 nitrogen and oxygen atoms in total. The van der Waals surface area contributed by atoms with Gasteiger partial charge in [0.25, 0.3) is 0 Å². The van der Waals surface area contributed by atoms with Crippen molar-refractivity contribution in [2.75, 3.05) is 0 Å². The Morgan fingerprint density at radius 1 is 0.460 bits per heavy atom. The van der Waals surface area contributed by atoms with E-state index < -0.39 is 33.6 Å². The van der Waals surface area contributed by atoms with Crippen molar-refractivity contribution in [1.82, 2.24) is 0 Å². The second-order valence-electron chi connectivity index (χ2n) is 18.2. The van der Waals surface area contributed by atoms with E-state index in [4.69, 9.17) is 9.47 Å². The summed E-state index contributed by atoms with van der Waals surface area (Å²) >= 11 is 0. The lowest BCUT2D eigenvalue weighted by Gasteiger charge is -2.43. The molecule has 50 heavy (non-hydrogen) atoms. The lowest BCUT2D eigenvalue weighted by atomic mass is 9.51. The number of aromatic hydroxyl groups is 2. The number of esters is 2.